The van der Waals surface area contributed by atoms with Crippen LogP contribution in [0, 0.1) is 11.3 Å². The average Bonchev–Trinajstić information content (AvgIpc) is 3.61. The van der Waals surface area contributed by atoms with Crippen LogP contribution in [0.5, 0.6) is 0 Å². The molecule has 0 radical (unpaired) electrons. The number of aromatic nitrogens is 2. The van der Waals surface area contributed by atoms with Gasteiger partial charge in [-0.1, -0.05) is 152 Å². The molecule has 1 heterocycles. The number of hydrogen-bond donors (Lipinski definition) is 0. The molecule has 3 heteroatoms. The summed E-state index contributed by atoms with van der Waals surface area (Å²) in [6.45, 7) is 0. The van der Waals surface area contributed by atoms with Gasteiger partial charge in [-0.2, -0.15) is 5.26 Å². The molecule has 0 aliphatic heterocycles. The average molecular weight is 674 g/mol. The molecule has 10 aromatic rings. The van der Waals surface area contributed by atoms with Gasteiger partial charge in [0.05, 0.1) is 22.7 Å². The lowest BCUT2D eigenvalue weighted by molar-refractivity contribution is 1.10. The van der Waals surface area contributed by atoms with Crippen molar-refractivity contribution in [2.75, 3.05) is 0 Å². The fourth-order valence-electron chi connectivity index (χ4n) is 8.01. The number of imidazole rings is 1. The summed E-state index contributed by atoms with van der Waals surface area (Å²) in [5.41, 5.74) is 11.4. The van der Waals surface area contributed by atoms with E-state index >= 15 is 0 Å². The second-order valence-corrected chi connectivity index (χ2v) is 13.4. The van der Waals surface area contributed by atoms with Crippen molar-refractivity contribution in [2.45, 2.75) is 0 Å². The zero-order valence-corrected chi connectivity index (χ0v) is 28.7. The smallest absolute Gasteiger partial charge is 0.146 e. The van der Waals surface area contributed by atoms with E-state index in [0.717, 1.165) is 44.8 Å². The van der Waals surface area contributed by atoms with Crippen molar-refractivity contribution in [2.24, 2.45) is 0 Å². The fraction of sp³-hybridized carbons (Fsp3) is 0. The van der Waals surface area contributed by atoms with Crippen molar-refractivity contribution in [1.82, 2.24) is 9.55 Å². The van der Waals surface area contributed by atoms with Gasteiger partial charge in [0, 0.05) is 11.3 Å². The van der Waals surface area contributed by atoms with E-state index in [1.54, 1.807) is 0 Å². The van der Waals surface area contributed by atoms with Crippen LogP contribution in [0.15, 0.2) is 188 Å². The highest BCUT2D eigenvalue weighted by Crippen LogP contribution is 2.44. The predicted molar refractivity (Wildman–Crippen MR) is 220 cm³/mol. The van der Waals surface area contributed by atoms with Crippen LogP contribution in [0.3, 0.4) is 0 Å². The maximum absolute atomic E-state index is 9.73. The van der Waals surface area contributed by atoms with Crippen molar-refractivity contribution in [3.8, 4) is 56.5 Å². The van der Waals surface area contributed by atoms with E-state index in [1.165, 1.54) is 49.0 Å². The molecule has 1 aromatic heterocycles. The van der Waals surface area contributed by atoms with Gasteiger partial charge in [-0.3, -0.25) is 4.57 Å². The minimum Gasteiger partial charge on any atom is -0.292 e. The summed E-state index contributed by atoms with van der Waals surface area (Å²) in [6.07, 6.45) is 0. The highest BCUT2D eigenvalue weighted by molar-refractivity contribution is 6.21. The number of rotatable bonds is 5. The number of nitriles is 1. The van der Waals surface area contributed by atoms with Crippen molar-refractivity contribution >= 4 is 43.4 Å². The van der Waals surface area contributed by atoms with Gasteiger partial charge in [0.15, 0.2) is 0 Å². The summed E-state index contributed by atoms with van der Waals surface area (Å²) >= 11 is 0. The van der Waals surface area contributed by atoms with Gasteiger partial charge >= 0.3 is 0 Å². The molecule has 53 heavy (non-hydrogen) atoms. The maximum atomic E-state index is 9.73. The molecule has 0 saturated heterocycles. The molecule has 0 amide bonds. The van der Waals surface area contributed by atoms with E-state index in [1.807, 2.05) is 24.3 Å². The molecule has 0 N–H and O–H groups in total. The fourth-order valence-corrected chi connectivity index (χ4v) is 8.01. The summed E-state index contributed by atoms with van der Waals surface area (Å²) < 4.78 is 2.22. The van der Waals surface area contributed by atoms with Crippen LogP contribution in [-0.4, -0.2) is 9.55 Å². The Morgan fingerprint density at radius 3 is 1.68 bits per heavy atom. The van der Waals surface area contributed by atoms with Gasteiger partial charge in [0.1, 0.15) is 5.82 Å². The van der Waals surface area contributed by atoms with Gasteiger partial charge in [-0.25, -0.2) is 4.98 Å². The normalized spacial score (nSPS) is 11.4. The molecule has 3 nitrogen and oxygen atoms in total. The number of hydrogen-bond acceptors (Lipinski definition) is 2. The second kappa shape index (κ2) is 12.5. The van der Waals surface area contributed by atoms with Gasteiger partial charge < -0.3 is 0 Å². The molecule has 0 atom stereocenters. The Bertz CT molecular complexity index is 3000. The summed E-state index contributed by atoms with van der Waals surface area (Å²) in [7, 11) is 0. The highest BCUT2D eigenvalue weighted by atomic mass is 15.1. The van der Waals surface area contributed by atoms with Crippen LogP contribution >= 0.6 is 0 Å². The van der Waals surface area contributed by atoms with Crippen LogP contribution in [0.4, 0.5) is 0 Å². The first-order chi connectivity index (χ1) is 26.2. The minimum atomic E-state index is 0.589. The quantitative estimate of drug-likeness (QED) is 0.171. The molecule has 9 aromatic carbocycles. The van der Waals surface area contributed by atoms with Crippen molar-refractivity contribution in [1.29, 1.82) is 5.26 Å². The number of nitrogens with zero attached hydrogens (tertiary/aromatic N) is 3. The largest absolute Gasteiger partial charge is 0.292 e. The Labute approximate surface area is 307 Å². The lowest BCUT2D eigenvalue weighted by atomic mass is 9.85. The molecule has 0 bridgehead atoms. The van der Waals surface area contributed by atoms with E-state index in [2.05, 4.69) is 174 Å². The SMILES string of the molecule is N#Cc1ccc2c(c1)nc(-c1ccccc1-c1ccccc1)n2-c1ccc(-c2c3ccccc3c(-c3ccc4ccccc4c3)c3ccccc23)cc1. The van der Waals surface area contributed by atoms with Crippen LogP contribution in [0.2, 0.25) is 0 Å². The third kappa shape index (κ3) is 5.08. The lowest BCUT2D eigenvalue weighted by Gasteiger charge is -2.18. The van der Waals surface area contributed by atoms with E-state index in [-0.39, 0.29) is 0 Å². The third-order valence-electron chi connectivity index (χ3n) is 10.4. The Morgan fingerprint density at radius 2 is 1.00 bits per heavy atom. The molecular weight excluding hydrogens is 643 g/mol. The minimum absolute atomic E-state index is 0.589. The molecule has 0 saturated carbocycles. The van der Waals surface area contributed by atoms with E-state index in [0.29, 0.717) is 5.56 Å². The number of fused-ring (bicyclic) bond motifs is 4. The third-order valence-corrected chi connectivity index (χ3v) is 10.4. The van der Waals surface area contributed by atoms with E-state index in [4.69, 9.17) is 4.98 Å². The lowest BCUT2D eigenvalue weighted by Crippen LogP contribution is -1.99. The van der Waals surface area contributed by atoms with Crippen LogP contribution in [0.1, 0.15) is 5.56 Å². The first-order valence-corrected chi connectivity index (χ1v) is 17.9. The molecule has 0 aliphatic carbocycles. The molecule has 0 fully saturated rings. The standard InChI is InChI=1S/C50H31N3/c51-32-33-22-29-47-46(30-33)52-50(45-21-11-6-16-40(45)35-13-2-1-3-14-35)53(47)39-27-25-36(26-28-39)48-41-17-7-9-19-43(41)49(44-20-10-8-18-42(44)48)38-24-23-34-12-4-5-15-37(34)31-38/h1-31H. The van der Waals surface area contributed by atoms with Crippen molar-refractivity contribution < 1.29 is 0 Å². The second-order valence-electron chi connectivity index (χ2n) is 13.4. The van der Waals surface area contributed by atoms with Gasteiger partial charge in [-0.05, 0) is 102 Å². The molecule has 0 aliphatic rings. The maximum Gasteiger partial charge on any atom is 0.146 e. The predicted octanol–water partition coefficient (Wildman–Crippen LogP) is 13.0. The Kier molecular flexibility index (Phi) is 7.20. The van der Waals surface area contributed by atoms with Crippen LogP contribution in [-0.2, 0) is 0 Å². The monoisotopic (exact) mass is 673 g/mol. The zero-order valence-electron chi connectivity index (χ0n) is 28.7. The first kappa shape index (κ1) is 30.5. The topological polar surface area (TPSA) is 41.6 Å². The molecule has 246 valence electrons. The first-order valence-electron chi connectivity index (χ1n) is 17.9. The summed E-state index contributed by atoms with van der Waals surface area (Å²) in [5, 5.41) is 17.1. The Hall–Kier alpha value is -7.28. The van der Waals surface area contributed by atoms with Crippen molar-refractivity contribution in [3.05, 3.63) is 194 Å². The van der Waals surface area contributed by atoms with Gasteiger partial charge in [-0.15, -0.1) is 0 Å². The van der Waals surface area contributed by atoms with Gasteiger partial charge in [0.2, 0.25) is 0 Å². The van der Waals surface area contributed by atoms with Gasteiger partial charge in [0.25, 0.3) is 0 Å². The van der Waals surface area contributed by atoms with E-state index in [9.17, 15) is 5.26 Å². The number of benzene rings is 9. The van der Waals surface area contributed by atoms with Crippen molar-refractivity contribution in [3.63, 3.8) is 0 Å². The molecule has 0 unspecified atom stereocenters. The Morgan fingerprint density at radius 1 is 0.434 bits per heavy atom. The molecular formula is C50H31N3. The Balaban J connectivity index is 1.17. The molecule has 10 rings (SSSR count). The summed E-state index contributed by atoms with van der Waals surface area (Å²) in [5.74, 6) is 0.831. The zero-order chi connectivity index (χ0) is 35.3. The van der Waals surface area contributed by atoms with Crippen LogP contribution in [0.25, 0.3) is 93.8 Å². The summed E-state index contributed by atoms with van der Waals surface area (Å²) in [6, 6.07) is 68.7. The summed E-state index contributed by atoms with van der Waals surface area (Å²) in [4.78, 5) is 5.19. The highest BCUT2D eigenvalue weighted by Gasteiger charge is 2.20. The van der Waals surface area contributed by atoms with E-state index < -0.39 is 0 Å². The van der Waals surface area contributed by atoms with Crippen LogP contribution < -0.4 is 0 Å². The molecule has 0 spiro atoms.